The Bertz CT molecular complexity index is 1860. The molecular formula is C36H42BF3N5O3. The first-order chi connectivity index (χ1) is 23.0. The third-order valence-corrected chi connectivity index (χ3v) is 10.3. The highest BCUT2D eigenvalue weighted by Gasteiger charge is 2.49. The first-order valence-electron chi connectivity index (χ1n) is 17.1. The molecule has 1 radical (unpaired) electrons. The van der Waals surface area contributed by atoms with Crippen LogP contribution in [0.3, 0.4) is 0 Å². The first kappa shape index (κ1) is 32.9. The SMILES string of the molecule is CCc1c(F)ccc2cc(O)cc(-c3ncc4c(N5CCCC(C)([B]OC(C)C)C5)nc(OCC56CCCN5CC(F)C6)nc4c3F)c12. The molecule has 3 aliphatic heterocycles. The number of aryl methyl sites for hydroxylation is 1. The van der Waals surface area contributed by atoms with Gasteiger partial charge in [-0.2, -0.15) is 9.97 Å². The lowest BCUT2D eigenvalue weighted by molar-refractivity contribution is 0.107. The Hall–Kier alpha value is -3.64. The lowest BCUT2D eigenvalue weighted by Crippen LogP contribution is -2.44. The van der Waals surface area contributed by atoms with Gasteiger partial charge in [0.1, 0.15) is 41.4 Å². The molecule has 0 aliphatic carbocycles. The Morgan fingerprint density at radius 2 is 1.94 bits per heavy atom. The van der Waals surface area contributed by atoms with Crippen LogP contribution in [0.15, 0.2) is 30.5 Å². The molecule has 0 bridgehead atoms. The maximum absolute atomic E-state index is 17.0. The Morgan fingerprint density at radius 3 is 2.73 bits per heavy atom. The summed E-state index contributed by atoms with van der Waals surface area (Å²) < 4.78 is 58.7. The van der Waals surface area contributed by atoms with E-state index in [-0.39, 0.29) is 46.6 Å². The number of phenols is 1. The van der Waals surface area contributed by atoms with E-state index >= 15 is 8.78 Å². The number of aromatic nitrogens is 3. The molecule has 0 amide bonds. The highest BCUT2D eigenvalue weighted by molar-refractivity contribution is 6.32. The molecule has 7 rings (SSSR count). The number of aromatic hydroxyl groups is 1. The normalized spacial score (nSPS) is 24.6. The molecule has 8 nitrogen and oxygen atoms in total. The number of fused-ring (bicyclic) bond motifs is 3. The minimum absolute atomic E-state index is 0.00725. The van der Waals surface area contributed by atoms with Gasteiger partial charge in [0.2, 0.25) is 0 Å². The number of hydrogen-bond donors (Lipinski definition) is 1. The van der Waals surface area contributed by atoms with Gasteiger partial charge in [0, 0.05) is 43.9 Å². The number of pyridine rings is 1. The van der Waals surface area contributed by atoms with Crippen molar-refractivity contribution in [3.8, 4) is 23.0 Å². The molecule has 0 saturated carbocycles. The highest BCUT2D eigenvalue weighted by Crippen LogP contribution is 2.43. The summed E-state index contributed by atoms with van der Waals surface area (Å²) in [6.45, 7) is 10.6. The van der Waals surface area contributed by atoms with Crippen LogP contribution in [-0.4, -0.2) is 83.0 Å². The van der Waals surface area contributed by atoms with Gasteiger partial charge in [-0.3, -0.25) is 9.88 Å². The van der Waals surface area contributed by atoms with E-state index in [0.717, 1.165) is 32.2 Å². The molecular weight excluding hydrogens is 618 g/mol. The number of phenolic OH excluding ortho intramolecular Hbond substituents is 1. The molecule has 3 fully saturated rings. The summed E-state index contributed by atoms with van der Waals surface area (Å²) in [6.07, 6.45) is 4.98. The van der Waals surface area contributed by atoms with E-state index in [9.17, 15) is 9.50 Å². The minimum atomic E-state index is -0.918. The predicted molar refractivity (Wildman–Crippen MR) is 182 cm³/mol. The molecule has 3 aliphatic rings. The van der Waals surface area contributed by atoms with Gasteiger partial charge in [-0.25, -0.2) is 13.2 Å². The van der Waals surface area contributed by atoms with E-state index in [1.807, 2.05) is 28.3 Å². The molecule has 3 unspecified atom stereocenters. The van der Waals surface area contributed by atoms with Crippen molar-refractivity contribution >= 4 is 35.0 Å². The number of alkyl halides is 1. The summed E-state index contributed by atoms with van der Waals surface area (Å²) in [6, 6.07) is 5.89. The fourth-order valence-corrected chi connectivity index (χ4v) is 8.04. The second-order valence-electron chi connectivity index (χ2n) is 14.3. The predicted octanol–water partition coefficient (Wildman–Crippen LogP) is 7.17. The Kier molecular flexibility index (Phi) is 8.68. The summed E-state index contributed by atoms with van der Waals surface area (Å²) in [4.78, 5) is 18.3. The molecule has 253 valence electrons. The lowest BCUT2D eigenvalue weighted by Gasteiger charge is -2.41. The third kappa shape index (κ3) is 5.95. The van der Waals surface area contributed by atoms with Crippen LogP contribution >= 0.6 is 0 Å². The molecule has 3 atom stereocenters. The van der Waals surface area contributed by atoms with E-state index in [1.165, 1.54) is 18.2 Å². The van der Waals surface area contributed by atoms with Gasteiger partial charge in [0.05, 0.1) is 10.9 Å². The largest absolute Gasteiger partial charge is 0.508 e. The van der Waals surface area contributed by atoms with Crippen molar-refractivity contribution in [2.75, 3.05) is 37.7 Å². The molecule has 0 spiro atoms. The van der Waals surface area contributed by atoms with Gasteiger partial charge >= 0.3 is 13.5 Å². The zero-order valence-corrected chi connectivity index (χ0v) is 28.0. The smallest absolute Gasteiger partial charge is 0.319 e. The monoisotopic (exact) mass is 660 g/mol. The van der Waals surface area contributed by atoms with Gasteiger partial charge in [-0.05, 0) is 92.3 Å². The van der Waals surface area contributed by atoms with Crippen LogP contribution in [0.25, 0.3) is 32.9 Å². The van der Waals surface area contributed by atoms with Crippen molar-refractivity contribution in [3.05, 3.63) is 47.7 Å². The van der Waals surface area contributed by atoms with Gasteiger partial charge < -0.3 is 19.4 Å². The van der Waals surface area contributed by atoms with Gasteiger partial charge in [-0.1, -0.05) is 19.9 Å². The van der Waals surface area contributed by atoms with E-state index < -0.39 is 23.3 Å². The number of piperidine rings is 1. The second kappa shape index (κ2) is 12.7. The molecule has 2 aromatic heterocycles. The van der Waals surface area contributed by atoms with E-state index in [2.05, 4.69) is 26.7 Å². The molecule has 12 heteroatoms. The van der Waals surface area contributed by atoms with Crippen molar-refractivity contribution < 1.29 is 27.7 Å². The van der Waals surface area contributed by atoms with Gasteiger partial charge in [0.15, 0.2) is 5.82 Å². The van der Waals surface area contributed by atoms with Crippen LogP contribution < -0.4 is 9.64 Å². The number of anilines is 1. The van der Waals surface area contributed by atoms with Crippen molar-refractivity contribution in [2.45, 2.75) is 89.3 Å². The molecule has 48 heavy (non-hydrogen) atoms. The number of halogens is 3. The van der Waals surface area contributed by atoms with E-state index in [1.54, 1.807) is 12.3 Å². The number of nitrogens with zero attached hydrogens (tertiary/aromatic N) is 5. The standard InChI is InChI=1S/C36H42BF3N5O3/c1-5-25-28(39)9-8-22-14-24(46)15-26(29(22)25)31-30(40)32-27(17-41-31)33(44-12-6-10-35(4,19-44)37-48-21(2)3)43-34(42-32)47-20-36-11-7-13-45(36)18-23(38)16-36/h8-9,14-15,17,21,23,46H,5-7,10-13,16,18-20H2,1-4H3. The molecule has 4 aromatic rings. The third-order valence-electron chi connectivity index (χ3n) is 10.3. The molecule has 2 aromatic carbocycles. The summed E-state index contributed by atoms with van der Waals surface area (Å²) in [5, 5.41) is 11.8. The Balaban J connectivity index is 1.35. The minimum Gasteiger partial charge on any atom is -0.508 e. The number of rotatable bonds is 9. The maximum atomic E-state index is 17.0. The van der Waals surface area contributed by atoms with E-state index in [4.69, 9.17) is 14.4 Å². The topological polar surface area (TPSA) is 83.8 Å². The van der Waals surface area contributed by atoms with Crippen molar-refractivity contribution in [3.63, 3.8) is 0 Å². The van der Waals surface area contributed by atoms with Crippen LogP contribution in [0.4, 0.5) is 19.0 Å². The van der Waals surface area contributed by atoms with Crippen molar-refractivity contribution in [2.24, 2.45) is 0 Å². The Labute approximate surface area is 279 Å². The molecule has 3 saturated heterocycles. The quantitative estimate of drug-likeness (QED) is 0.189. The van der Waals surface area contributed by atoms with Crippen LogP contribution in [0.5, 0.6) is 11.8 Å². The number of benzene rings is 2. The summed E-state index contributed by atoms with van der Waals surface area (Å²) in [5.74, 6) is -0.726. The van der Waals surface area contributed by atoms with Gasteiger partial charge in [-0.15, -0.1) is 0 Å². The zero-order valence-electron chi connectivity index (χ0n) is 28.0. The zero-order chi connectivity index (χ0) is 33.8. The average molecular weight is 661 g/mol. The summed E-state index contributed by atoms with van der Waals surface area (Å²) >= 11 is 0. The van der Waals surface area contributed by atoms with E-state index in [0.29, 0.717) is 60.0 Å². The van der Waals surface area contributed by atoms with Crippen molar-refractivity contribution in [1.82, 2.24) is 19.9 Å². The molecule has 5 heterocycles. The Morgan fingerprint density at radius 1 is 1.12 bits per heavy atom. The van der Waals surface area contributed by atoms with Gasteiger partial charge in [0.25, 0.3) is 0 Å². The fourth-order valence-electron chi connectivity index (χ4n) is 8.04. The maximum Gasteiger partial charge on any atom is 0.319 e. The second-order valence-corrected chi connectivity index (χ2v) is 14.3. The highest BCUT2D eigenvalue weighted by atomic mass is 19.1. The number of hydrogen-bond acceptors (Lipinski definition) is 8. The first-order valence-corrected chi connectivity index (χ1v) is 17.1. The van der Waals surface area contributed by atoms with Crippen molar-refractivity contribution in [1.29, 1.82) is 0 Å². The fraction of sp³-hybridized carbons (Fsp3) is 0.528. The average Bonchev–Trinajstić information content (AvgIpc) is 3.58. The van der Waals surface area contributed by atoms with Crippen LogP contribution in [0.2, 0.25) is 5.31 Å². The summed E-state index contributed by atoms with van der Waals surface area (Å²) in [5.41, 5.74) is 0.198. The number of ether oxygens (including phenoxy) is 1. The summed E-state index contributed by atoms with van der Waals surface area (Å²) in [7, 11) is 1.90. The molecule has 1 N–H and O–H groups in total. The van der Waals surface area contributed by atoms with Crippen LogP contribution in [0.1, 0.15) is 65.4 Å². The lowest BCUT2D eigenvalue weighted by atomic mass is 9.60. The van der Waals surface area contributed by atoms with Crippen LogP contribution in [0, 0.1) is 11.6 Å². The van der Waals surface area contributed by atoms with Crippen LogP contribution in [-0.2, 0) is 11.1 Å².